The topological polar surface area (TPSA) is 88.2 Å². The van der Waals surface area contributed by atoms with Crippen molar-refractivity contribution in [3.8, 4) is 0 Å². The monoisotopic (exact) mass is 277 g/mol. The SMILES string of the molecule is CCC(Nc1nc(C(=O)O)ccc1N)C1CCCCC1. The summed E-state index contributed by atoms with van der Waals surface area (Å²) >= 11 is 0. The highest BCUT2D eigenvalue weighted by Crippen LogP contribution is 2.30. The standard InChI is InChI=1S/C15H23N3O2/c1-2-12(10-6-4-3-5-7-10)17-14-11(16)8-9-13(18-14)15(19)20/h8-10,12H,2-7,16H2,1H3,(H,17,18)(H,19,20). The summed E-state index contributed by atoms with van der Waals surface area (Å²) in [5, 5.41) is 12.4. The number of nitrogens with one attached hydrogen (secondary N) is 1. The number of pyridine rings is 1. The van der Waals surface area contributed by atoms with Crippen LogP contribution in [-0.2, 0) is 0 Å². The molecule has 0 radical (unpaired) electrons. The number of nitrogen functional groups attached to an aromatic ring is 1. The van der Waals surface area contributed by atoms with Gasteiger partial charge in [-0.25, -0.2) is 9.78 Å². The fraction of sp³-hybridized carbons (Fsp3) is 0.600. The van der Waals surface area contributed by atoms with E-state index in [0.29, 0.717) is 23.5 Å². The van der Waals surface area contributed by atoms with E-state index in [0.717, 1.165) is 6.42 Å². The molecule has 5 nitrogen and oxygen atoms in total. The molecule has 0 amide bonds. The number of hydrogen-bond donors (Lipinski definition) is 3. The fourth-order valence-electron chi connectivity index (χ4n) is 2.97. The molecule has 4 N–H and O–H groups in total. The number of aromatic carboxylic acids is 1. The first-order valence-corrected chi connectivity index (χ1v) is 7.38. The molecule has 1 aliphatic carbocycles. The molecule has 110 valence electrons. The van der Waals surface area contributed by atoms with Gasteiger partial charge in [-0.2, -0.15) is 0 Å². The van der Waals surface area contributed by atoms with Gasteiger partial charge in [0.1, 0.15) is 5.82 Å². The normalized spacial score (nSPS) is 17.6. The first-order chi connectivity index (χ1) is 9.61. The van der Waals surface area contributed by atoms with Crippen LogP contribution >= 0.6 is 0 Å². The molecular weight excluding hydrogens is 254 g/mol. The maximum Gasteiger partial charge on any atom is 0.354 e. The Morgan fingerprint density at radius 3 is 2.75 bits per heavy atom. The minimum absolute atomic E-state index is 0.0280. The zero-order chi connectivity index (χ0) is 14.5. The molecule has 20 heavy (non-hydrogen) atoms. The van der Waals surface area contributed by atoms with Crippen molar-refractivity contribution in [1.82, 2.24) is 4.98 Å². The van der Waals surface area contributed by atoms with E-state index in [1.165, 1.54) is 38.2 Å². The Balaban J connectivity index is 2.13. The Bertz CT molecular complexity index is 470. The molecule has 0 spiro atoms. The Morgan fingerprint density at radius 2 is 2.15 bits per heavy atom. The molecule has 5 heteroatoms. The Kier molecular flexibility index (Phi) is 4.82. The van der Waals surface area contributed by atoms with Crippen LogP contribution in [0, 0.1) is 5.92 Å². The van der Waals surface area contributed by atoms with Gasteiger partial charge < -0.3 is 16.2 Å². The van der Waals surface area contributed by atoms with Gasteiger partial charge in [-0.1, -0.05) is 26.2 Å². The van der Waals surface area contributed by atoms with E-state index >= 15 is 0 Å². The van der Waals surface area contributed by atoms with E-state index in [2.05, 4.69) is 17.2 Å². The van der Waals surface area contributed by atoms with Crippen LogP contribution in [0.4, 0.5) is 11.5 Å². The molecule has 0 saturated heterocycles. The van der Waals surface area contributed by atoms with Crippen molar-refractivity contribution in [2.75, 3.05) is 11.1 Å². The lowest BCUT2D eigenvalue weighted by atomic mass is 9.83. The first-order valence-electron chi connectivity index (χ1n) is 7.38. The highest BCUT2D eigenvalue weighted by molar-refractivity contribution is 5.86. The molecule has 1 saturated carbocycles. The third-order valence-electron chi connectivity index (χ3n) is 4.13. The predicted molar refractivity (Wildman–Crippen MR) is 79.9 cm³/mol. The van der Waals surface area contributed by atoms with E-state index in [1.807, 2.05) is 0 Å². The second-order valence-corrected chi connectivity index (χ2v) is 5.50. The third-order valence-corrected chi connectivity index (χ3v) is 4.13. The number of hydrogen-bond acceptors (Lipinski definition) is 4. The van der Waals surface area contributed by atoms with E-state index in [4.69, 9.17) is 10.8 Å². The van der Waals surface area contributed by atoms with Gasteiger partial charge in [-0.15, -0.1) is 0 Å². The average molecular weight is 277 g/mol. The largest absolute Gasteiger partial charge is 0.477 e. The summed E-state index contributed by atoms with van der Waals surface area (Å²) in [5.74, 6) is 0.101. The molecule has 1 aromatic rings. The van der Waals surface area contributed by atoms with Gasteiger partial charge in [-0.05, 0) is 37.3 Å². The highest BCUT2D eigenvalue weighted by Gasteiger charge is 2.23. The number of rotatable bonds is 5. The lowest BCUT2D eigenvalue weighted by molar-refractivity contribution is 0.0690. The number of nitrogens with zero attached hydrogens (tertiary/aromatic N) is 1. The molecule has 0 aromatic carbocycles. The zero-order valence-corrected chi connectivity index (χ0v) is 11.9. The second-order valence-electron chi connectivity index (χ2n) is 5.50. The number of aromatic nitrogens is 1. The van der Waals surface area contributed by atoms with Gasteiger partial charge in [0.25, 0.3) is 0 Å². The molecule has 1 unspecified atom stereocenters. The van der Waals surface area contributed by atoms with Gasteiger partial charge in [0, 0.05) is 6.04 Å². The molecule has 1 heterocycles. The van der Waals surface area contributed by atoms with Crippen LogP contribution in [0.1, 0.15) is 55.9 Å². The Labute approximate surface area is 119 Å². The zero-order valence-electron chi connectivity index (χ0n) is 11.9. The van der Waals surface area contributed by atoms with Crippen LogP contribution in [0.15, 0.2) is 12.1 Å². The van der Waals surface area contributed by atoms with Crippen molar-refractivity contribution in [2.24, 2.45) is 5.92 Å². The van der Waals surface area contributed by atoms with E-state index < -0.39 is 5.97 Å². The van der Waals surface area contributed by atoms with Crippen LogP contribution < -0.4 is 11.1 Å². The number of carbonyl (C=O) groups is 1. The van der Waals surface area contributed by atoms with E-state index in [-0.39, 0.29) is 5.69 Å². The van der Waals surface area contributed by atoms with Crippen LogP contribution in [0.25, 0.3) is 0 Å². The van der Waals surface area contributed by atoms with E-state index in [9.17, 15) is 4.79 Å². The van der Waals surface area contributed by atoms with Crippen molar-refractivity contribution in [1.29, 1.82) is 0 Å². The number of anilines is 2. The van der Waals surface area contributed by atoms with Gasteiger partial charge in [0.2, 0.25) is 0 Å². The maximum atomic E-state index is 11.0. The minimum atomic E-state index is -1.03. The molecule has 1 aliphatic rings. The Morgan fingerprint density at radius 1 is 1.45 bits per heavy atom. The number of carboxylic acids is 1. The summed E-state index contributed by atoms with van der Waals surface area (Å²) in [4.78, 5) is 15.1. The average Bonchev–Trinajstić information content (AvgIpc) is 2.47. The first kappa shape index (κ1) is 14.6. The van der Waals surface area contributed by atoms with Crippen LogP contribution in [0.2, 0.25) is 0 Å². The summed E-state index contributed by atoms with van der Waals surface area (Å²) < 4.78 is 0. The molecule has 1 aromatic heterocycles. The van der Waals surface area contributed by atoms with Gasteiger partial charge >= 0.3 is 5.97 Å². The van der Waals surface area contributed by atoms with Crippen LogP contribution in [0.3, 0.4) is 0 Å². The molecule has 1 atom stereocenters. The summed E-state index contributed by atoms with van der Waals surface area (Å²) in [6.07, 6.45) is 7.32. The molecular formula is C15H23N3O2. The highest BCUT2D eigenvalue weighted by atomic mass is 16.4. The fourth-order valence-corrected chi connectivity index (χ4v) is 2.97. The Hall–Kier alpha value is -1.78. The summed E-state index contributed by atoms with van der Waals surface area (Å²) in [6.45, 7) is 2.14. The van der Waals surface area contributed by atoms with Crippen molar-refractivity contribution in [3.05, 3.63) is 17.8 Å². The maximum absolute atomic E-state index is 11.0. The summed E-state index contributed by atoms with van der Waals surface area (Å²) in [7, 11) is 0. The molecule has 0 bridgehead atoms. The van der Waals surface area contributed by atoms with Crippen LogP contribution in [0.5, 0.6) is 0 Å². The minimum Gasteiger partial charge on any atom is -0.477 e. The lowest BCUT2D eigenvalue weighted by Crippen LogP contribution is -2.31. The van der Waals surface area contributed by atoms with Crippen molar-refractivity contribution in [3.63, 3.8) is 0 Å². The predicted octanol–water partition coefficient (Wildman–Crippen LogP) is 3.13. The van der Waals surface area contributed by atoms with Gasteiger partial charge in [0.05, 0.1) is 5.69 Å². The van der Waals surface area contributed by atoms with Crippen molar-refractivity contribution >= 4 is 17.5 Å². The smallest absolute Gasteiger partial charge is 0.354 e. The lowest BCUT2D eigenvalue weighted by Gasteiger charge is -2.31. The quantitative estimate of drug-likeness (QED) is 0.769. The summed E-state index contributed by atoms with van der Waals surface area (Å²) in [5.41, 5.74) is 6.44. The second kappa shape index (κ2) is 6.59. The van der Waals surface area contributed by atoms with Gasteiger partial charge in [-0.3, -0.25) is 0 Å². The van der Waals surface area contributed by atoms with Gasteiger partial charge in [0.15, 0.2) is 5.69 Å². The number of carboxylic acid groups (broad SMARTS) is 1. The third kappa shape index (κ3) is 3.40. The van der Waals surface area contributed by atoms with Crippen molar-refractivity contribution < 1.29 is 9.90 Å². The van der Waals surface area contributed by atoms with E-state index in [1.54, 1.807) is 6.07 Å². The van der Waals surface area contributed by atoms with Crippen molar-refractivity contribution in [2.45, 2.75) is 51.5 Å². The molecule has 1 fully saturated rings. The number of nitrogens with two attached hydrogens (primary N) is 1. The summed E-state index contributed by atoms with van der Waals surface area (Å²) in [6, 6.07) is 3.35. The molecule has 2 rings (SSSR count). The van der Waals surface area contributed by atoms with Crippen LogP contribution in [-0.4, -0.2) is 22.1 Å². The molecule has 0 aliphatic heterocycles.